The summed E-state index contributed by atoms with van der Waals surface area (Å²) < 4.78 is 24.6. The Morgan fingerprint density at radius 3 is 2.83 bits per heavy atom. The maximum Gasteiger partial charge on any atom is 0.226 e. The number of aromatic nitrogens is 1. The molecule has 1 atom stereocenters. The van der Waals surface area contributed by atoms with Crippen LogP contribution in [0, 0.1) is 18.7 Å². The molecule has 1 aromatic carbocycles. The molecular weight excluding hydrogens is 373 g/mol. The molecule has 1 unspecified atom stereocenters. The first-order valence-corrected chi connectivity index (χ1v) is 10.3. The molecule has 0 spiro atoms. The number of likely N-dealkylation sites (tertiary alicyclic amines) is 1. The van der Waals surface area contributed by atoms with Crippen LogP contribution in [0.5, 0.6) is 5.75 Å². The predicted octanol–water partition coefficient (Wildman–Crippen LogP) is 3.88. The van der Waals surface area contributed by atoms with Crippen molar-refractivity contribution < 1.29 is 18.3 Å². The van der Waals surface area contributed by atoms with Crippen LogP contribution >= 0.6 is 0 Å². The highest BCUT2D eigenvalue weighted by atomic mass is 19.1. The van der Waals surface area contributed by atoms with Gasteiger partial charge in [0.2, 0.25) is 11.8 Å². The minimum atomic E-state index is -0.419. The topological polar surface area (TPSA) is 58.8 Å². The number of hydrogen-bond donors (Lipinski definition) is 0. The van der Waals surface area contributed by atoms with E-state index in [1.165, 1.54) is 13.2 Å². The largest absolute Gasteiger partial charge is 0.494 e. The van der Waals surface area contributed by atoms with E-state index in [0.29, 0.717) is 18.0 Å². The molecule has 1 aromatic heterocycles. The Labute approximate surface area is 171 Å². The molecule has 3 rings (SSSR count). The van der Waals surface area contributed by atoms with E-state index < -0.39 is 5.82 Å². The first-order valence-electron chi connectivity index (χ1n) is 10.3. The molecule has 2 aromatic rings. The van der Waals surface area contributed by atoms with Crippen molar-refractivity contribution in [1.82, 2.24) is 14.8 Å². The summed E-state index contributed by atoms with van der Waals surface area (Å²) >= 11 is 0. The van der Waals surface area contributed by atoms with Crippen LogP contribution in [0.1, 0.15) is 38.1 Å². The second-order valence-corrected chi connectivity index (χ2v) is 7.46. The van der Waals surface area contributed by atoms with Crippen LogP contribution < -0.4 is 4.74 Å². The predicted molar refractivity (Wildman–Crippen MR) is 109 cm³/mol. The number of benzene rings is 1. The normalized spacial score (nSPS) is 17.3. The smallest absolute Gasteiger partial charge is 0.226 e. The van der Waals surface area contributed by atoms with Crippen LogP contribution in [0.4, 0.5) is 4.39 Å². The lowest BCUT2D eigenvalue weighted by Gasteiger charge is -2.34. The second kappa shape index (κ2) is 9.39. The van der Waals surface area contributed by atoms with Gasteiger partial charge in [0.1, 0.15) is 5.76 Å². The number of rotatable bonds is 7. The van der Waals surface area contributed by atoms with Gasteiger partial charge in [0, 0.05) is 31.7 Å². The highest BCUT2D eigenvalue weighted by molar-refractivity contribution is 5.79. The Bertz CT molecular complexity index is 848. The average Bonchev–Trinajstić information content (AvgIpc) is 3.09. The fraction of sp³-hybridized carbons (Fsp3) is 0.545. The molecule has 7 heteroatoms. The SMILES string of the molecule is CCN(CC)C(=O)C1CCCN(Cc2nc(-c3ccc(F)c(OC)c3)oc2C)C1. The van der Waals surface area contributed by atoms with Crippen molar-refractivity contribution in [2.45, 2.75) is 40.2 Å². The number of nitrogens with zero attached hydrogens (tertiary/aromatic N) is 3. The Balaban J connectivity index is 1.71. The lowest BCUT2D eigenvalue weighted by atomic mass is 9.96. The van der Waals surface area contributed by atoms with E-state index in [1.54, 1.807) is 12.1 Å². The molecule has 1 saturated heterocycles. The van der Waals surface area contributed by atoms with Crippen LogP contribution in [-0.4, -0.2) is 54.0 Å². The zero-order valence-corrected chi connectivity index (χ0v) is 17.7. The molecule has 158 valence electrons. The van der Waals surface area contributed by atoms with Gasteiger partial charge in [-0.15, -0.1) is 0 Å². The molecule has 0 N–H and O–H groups in total. The molecule has 6 nitrogen and oxygen atoms in total. The van der Waals surface area contributed by atoms with Gasteiger partial charge in [-0.25, -0.2) is 9.37 Å². The fourth-order valence-corrected chi connectivity index (χ4v) is 3.90. The maximum atomic E-state index is 13.7. The lowest BCUT2D eigenvalue weighted by Crippen LogP contribution is -2.44. The highest BCUT2D eigenvalue weighted by Crippen LogP contribution is 2.28. The second-order valence-electron chi connectivity index (χ2n) is 7.46. The van der Waals surface area contributed by atoms with Gasteiger partial charge in [0.05, 0.1) is 18.7 Å². The van der Waals surface area contributed by atoms with Gasteiger partial charge in [-0.1, -0.05) is 0 Å². The summed E-state index contributed by atoms with van der Waals surface area (Å²) in [5, 5.41) is 0. The summed E-state index contributed by atoms with van der Waals surface area (Å²) in [6, 6.07) is 4.57. The van der Waals surface area contributed by atoms with Gasteiger partial charge in [-0.05, 0) is 58.4 Å². The van der Waals surface area contributed by atoms with Gasteiger partial charge in [0.25, 0.3) is 0 Å². The van der Waals surface area contributed by atoms with Crippen molar-refractivity contribution in [2.24, 2.45) is 5.92 Å². The number of carbonyl (C=O) groups is 1. The Hall–Kier alpha value is -2.41. The number of ether oxygens (including phenoxy) is 1. The van der Waals surface area contributed by atoms with Gasteiger partial charge in [0.15, 0.2) is 11.6 Å². The van der Waals surface area contributed by atoms with Crippen LogP contribution in [0.15, 0.2) is 22.6 Å². The van der Waals surface area contributed by atoms with Gasteiger partial charge >= 0.3 is 0 Å². The Morgan fingerprint density at radius 1 is 1.38 bits per heavy atom. The number of amides is 1. The monoisotopic (exact) mass is 403 g/mol. The van der Waals surface area contributed by atoms with Gasteiger partial charge in [-0.3, -0.25) is 9.69 Å². The van der Waals surface area contributed by atoms with Gasteiger partial charge < -0.3 is 14.1 Å². The Morgan fingerprint density at radius 2 is 2.14 bits per heavy atom. The average molecular weight is 403 g/mol. The quantitative estimate of drug-likeness (QED) is 0.702. The molecule has 0 aliphatic carbocycles. The number of hydrogen-bond acceptors (Lipinski definition) is 5. The number of halogens is 1. The molecule has 1 amide bonds. The number of carbonyl (C=O) groups excluding carboxylic acids is 1. The van der Waals surface area contributed by atoms with Crippen molar-refractivity contribution >= 4 is 5.91 Å². The third-order valence-electron chi connectivity index (χ3n) is 5.59. The summed E-state index contributed by atoms with van der Waals surface area (Å²) in [5.74, 6) is 1.21. The van der Waals surface area contributed by atoms with Crippen molar-refractivity contribution in [3.05, 3.63) is 35.5 Å². The summed E-state index contributed by atoms with van der Waals surface area (Å²) in [6.07, 6.45) is 1.93. The van der Waals surface area contributed by atoms with Crippen molar-refractivity contribution in [1.29, 1.82) is 0 Å². The van der Waals surface area contributed by atoms with Gasteiger partial charge in [-0.2, -0.15) is 0 Å². The maximum absolute atomic E-state index is 13.7. The van der Waals surface area contributed by atoms with E-state index in [9.17, 15) is 9.18 Å². The number of methoxy groups -OCH3 is 1. The van der Waals surface area contributed by atoms with E-state index in [-0.39, 0.29) is 17.6 Å². The minimum absolute atomic E-state index is 0.0386. The van der Waals surface area contributed by atoms with Crippen LogP contribution in [0.2, 0.25) is 0 Å². The summed E-state index contributed by atoms with van der Waals surface area (Å²) in [4.78, 5) is 21.5. The molecular formula is C22H30FN3O3. The number of piperidine rings is 1. The molecule has 29 heavy (non-hydrogen) atoms. The highest BCUT2D eigenvalue weighted by Gasteiger charge is 2.29. The minimum Gasteiger partial charge on any atom is -0.494 e. The van der Waals surface area contributed by atoms with E-state index in [4.69, 9.17) is 9.15 Å². The van der Waals surface area contributed by atoms with Crippen LogP contribution in [0.25, 0.3) is 11.5 Å². The molecule has 0 radical (unpaired) electrons. The van der Waals surface area contributed by atoms with Crippen molar-refractivity contribution in [3.8, 4) is 17.2 Å². The van der Waals surface area contributed by atoms with E-state index >= 15 is 0 Å². The molecule has 0 bridgehead atoms. The molecule has 1 aliphatic rings. The van der Waals surface area contributed by atoms with E-state index in [0.717, 1.165) is 50.5 Å². The first kappa shape index (κ1) is 21.3. The lowest BCUT2D eigenvalue weighted by molar-refractivity contribution is -0.137. The van der Waals surface area contributed by atoms with Crippen LogP contribution in [0.3, 0.4) is 0 Å². The van der Waals surface area contributed by atoms with E-state index in [1.807, 2.05) is 25.7 Å². The first-order chi connectivity index (χ1) is 14.0. The third kappa shape index (κ3) is 4.78. The number of aryl methyl sites for hydroxylation is 1. The fourth-order valence-electron chi connectivity index (χ4n) is 3.90. The van der Waals surface area contributed by atoms with Crippen LogP contribution in [-0.2, 0) is 11.3 Å². The van der Waals surface area contributed by atoms with Crippen molar-refractivity contribution in [3.63, 3.8) is 0 Å². The molecule has 2 heterocycles. The zero-order chi connectivity index (χ0) is 21.0. The van der Waals surface area contributed by atoms with E-state index in [2.05, 4.69) is 9.88 Å². The molecule has 1 aliphatic heterocycles. The zero-order valence-electron chi connectivity index (χ0n) is 17.7. The standard InChI is InChI=1S/C22H30FN3O3/c1-5-26(6-2)22(27)17-8-7-11-25(13-17)14-19-15(3)29-21(24-19)16-9-10-18(23)20(12-16)28-4/h9-10,12,17H,5-8,11,13-14H2,1-4H3. The molecule has 1 fully saturated rings. The number of oxazole rings is 1. The summed E-state index contributed by atoms with van der Waals surface area (Å²) in [7, 11) is 1.43. The third-order valence-corrected chi connectivity index (χ3v) is 5.59. The van der Waals surface area contributed by atoms with Crippen molar-refractivity contribution in [2.75, 3.05) is 33.3 Å². The molecule has 0 saturated carbocycles. The Kier molecular flexibility index (Phi) is 6.90. The summed E-state index contributed by atoms with van der Waals surface area (Å²) in [5.41, 5.74) is 1.52. The summed E-state index contributed by atoms with van der Waals surface area (Å²) in [6.45, 7) is 9.73.